The maximum absolute atomic E-state index is 14.6. The van der Waals surface area contributed by atoms with E-state index in [1.54, 1.807) is 26.8 Å². The van der Waals surface area contributed by atoms with E-state index in [1.165, 1.54) is 28.0 Å². The third-order valence-electron chi connectivity index (χ3n) is 11.1. The second-order valence-electron chi connectivity index (χ2n) is 16.4. The van der Waals surface area contributed by atoms with Crippen LogP contribution < -0.4 is 15.4 Å². The largest absolute Gasteiger partial charge is 0.459 e. The molecule has 2 aliphatic carbocycles. The Hall–Kier alpha value is -5.27. The summed E-state index contributed by atoms with van der Waals surface area (Å²) in [5, 5.41) is 4.33. The first-order chi connectivity index (χ1) is 26.8. The molecular weight excluding hydrogens is 772 g/mol. The Morgan fingerprint density at radius 2 is 1.82 bits per heavy atom. The minimum absolute atomic E-state index is 0.0111. The zero-order valence-electron chi connectivity index (χ0n) is 31.7. The van der Waals surface area contributed by atoms with Gasteiger partial charge in [0.25, 0.3) is 5.91 Å². The fourth-order valence-corrected chi connectivity index (χ4v) is 9.25. The molecule has 0 radical (unpaired) electrons. The van der Waals surface area contributed by atoms with Crippen molar-refractivity contribution in [3.8, 4) is 0 Å². The van der Waals surface area contributed by atoms with E-state index in [-0.39, 0.29) is 38.9 Å². The van der Waals surface area contributed by atoms with Crippen LogP contribution in [0.1, 0.15) is 70.4 Å². The predicted molar refractivity (Wildman–Crippen MR) is 193 cm³/mol. The molecule has 6 amide bonds. The summed E-state index contributed by atoms with van der Waals surface area (Å²) in [5.41, 5.74) is -1.82. The van der Waals surface area contributed by atoms with E-state index in [9.17, 15) is 46.4 Å². The van der Waals surface area contributed by atoms with Crippen LogP contribution in [0.3, 0.4) is 0 Å². The number of carbonyl (C=O) groups is 7. The molecule has 1 unspecified atom stereocenters. The number of alkyl carbamates (subject to hydrolysis) is 1. The summed E-state index contributed by atoms with van der Waals surface area (Å²) >= 11 is 0. The predicted octanol–water partition coefficient (Wildman–Crippen LogP) is 0.726. The summed E-state index contributed by atoms with van der Waals surface area (Å²) in [6.45, 7) is 8.11. The van der Waals surface area contributed by atoms with Gasteiger partial charge in [-0.15, -0.1) is 6.58 Å². The molecule has 308 valence electrons. The van der Waals surface area contributed by atoms with Crippen molar-refractivity contribution in [3.05, 3.63) is 47.8 Å². The molecule has 18 nitrogen and oxygen atoms in total. The van der Waals surface area contributed by atoms with E-state index < -0.39 is 123 Å². The van der Waals surface area contributed by atoms with Crippen LogP contribution in [0.5, 0.6) is 0 Å². The number of fused-ring (bicyclic) bond motifs is 3. The lowest BCUT2D eigenvalue weighted by Crippen LogP contribution is -2.59. The van der Waals surface area contributed by atoms with E-state index in [0.717, 1.165) is 4.90 Å². The van der Waals surface area contributed by atoms with Crippen LogP contribution in [0.4, 0.5) is 14.0 Å². The number of amides is 6. The zero-order valence-corrected chi connectivity index (χ0v) is 32.5. The molecule has 2 saturated carbocycles. The van der Waals surface area contributed by atoms with E-state index in [2.05, 4.69) is 21.9 Å². The molecule has 2 bridgehead atoms. The van der Waals surface area contributed by atoms with Crippen LogP contribution in [0, 0.1) is 11.7 Å². The molecule has 4 heterocycles. The number of ether oxygens (including phenoxy) is 3. The highest BCUT2D eigenvalue weighted by Gasteiger charge is 2.62. The maximum atomic E-state index is 14.6. The van der Waals surface area contributed by atoms with Gasteiger partial charge in [0.15, 0.2) is 0 Å². The van der Waals surface area contributed by atoms with Gasteiger partial charge in [-0.25, -0.2) is 27.2 Å². The molecule has 0 spiro atoms. The molecule has 7 atom stereocenters. The number of sulfonamides is 1. The quantitative estimate of drug-likeness (QED) is 0.160. The van der Waals surface area contributed by atoms with E-state index in [0.29, 0.717) is 24.0 Å². The topological polar surface area (TPSA) is 227 Å². The summed E-state index contributed by atoms with van der Waals surface area (Å²) in [5.74, 6) is -5.21. The van der Waals surface area contributed by atoms with E-state index >= 15 is 0 Å². The Kier molecular flexibility index (Phi) is 10.2. The summed E-state index contributed by atoms with van der Waals surface area (Å²) in [4.78, 5) is 98.3. The number of halogens is 1. The van der Waals surface area contributed by atoms with Crippen molar-refractivity contribution in [1.82, 2.24) is 30.1 Å². The van der Waals surface area contributed by atoms with Gasteiger partial charge < -0.3 is 34.6 Å². The zero-order chi connectivity index (χ0) is 41.2. The van der Waals surface area contributed by atoms with Crippen LogP contribution in [0.25, 0.3) is 0 Å². The first kappa shape index (κ1) is 39.9. The molecule has 5 fully saturated rings. The molecular formula is C37H45FN6O12S. The van der Waals surface area contributed by atoms with Crippen molar-refractivity contribution in [2.45, 2.75) is 119 Å². The van der Waals surface area contributed by atoms with Gasteiger partial charge >= 0.3 is 18.2 Å². The highest BCUT2D eigenvalue weighted by molar-refractivity contribution is 7.91. The number of rotatable bonds is 11. The lowest BCUT2D eigenvalue weighted by molar-refractivity contribution is -0.157. The Labute approximate surface area is 327 Å². The van der Waals surface area contributed by atoms with Crippen LogP contribution in [-0.4, -0.2) is 125 Å². The second-order valence-corrected chi connectivity index (χ2v) is 18.4. The number of carbonyl (C=O) groups excluding carboxylic acids is 7. The van der Waals surface area contributed by atoms with Gasteiger partial charge in [-0.3, -0.25) is 28.8 Å². The van der Waals surface area contributed by atoms with Crippen molar-refractivity contribution in [2.75, 3.05) is 13.1 Å². The Bertz CT molecular complexity index is 2040. The number of benzene rings is 1. The normalized spacial score (nSPS) is 27.9. The number of nitrogens with one attached hydrogen (secondary N) is 3. The number of nitrogens with zero attached hydrogens (tertiary/aromatic N) is 3. The number of morpholine rings is 1. The minimum Gasteiger partial charge on any atom is -0.459 e. The summed E-state index contributed by atoms with van der Waals surface area (Å²) < 4.78 is 58.3. The molecule has 1 aromatic rings. The summed E-state index contributed by atoms with van der Waals surface area (Å²) in [6, 6.07) is 0.495. The average molecular weight is 817 g/mol. The highest BCUT2D eigenvalue weighted by Crippen LogP contribution is 2.45. The molecule has 20 heteroatoms. The molecule has 4 aliphatic heterocycles. The minimum atomic E-state index is -4.01. The van der Waals surface area contributed by atoms with Crippen LogP contribution >= 0.6 is 0 Å². The van der Waals surface area contributed by atoms with Crippen LogP contribution in [-0.2, 0) is 61.3 Å². The lowest BCUT2D eigenvalue weighted by atomic mass is 10.1. The Morgan fingerprint density at radius 1 is 1.09 bits per heavy atom. The smallest absolute Gasteiger partial charge is 0.410 e. The van der Waals surface area contributed by atoms with E-state index in [4.69, 9.17) is 14.2 Å². The molecule has 3 N–H and O–H groups in total. The number of hydrogen-bond donors (Lipinski definition) is 3. The van der Waals surface area contributed by atoms with Gasteiger partial charge in [-0.1, -0.05) is 18.2 Å². The third-order valence-corrected chi connectivity index (χ3v) is 12.9. The van der Waals surface area contributed by atoms with E-state index in [1.807, 2.05) is 0 Å². The first-order valence-corrected chi connectivity index (χ1v) is 20.4. The molecule has 7 rings (SSSR count). The van der Waals surface area contributed by atoms with Gasteiger partial charge in [0.1, 0.15) is 47.3 Å². The van der Waals surface area contributed by atoms with Crippen molar-refractivity contribution in [1.29, 1.82) is 0 Å². The standard InChI is InChI=1S/C37H45FN6O12S/c1-5-20-14-37(20,33(49)41-57(52,53)23-9-10-23)40-30(46)27-11-22(55-35(51)42-15-19-7-6-8-25(38)24(19)18-42)17-44(27)31(47)26(39-34(50)56-36(2,3)4)13-29(45)43-16-21-12-28(43)32(48)54-21/h5-8,20-23,26-28H,1,9-18H2,2-4H3,(H,39,50)(H,40,46)(H,41,49)/t20-,21+,22?,26+,27+,28+,37-/m1/s1. The monoisotopic (exact) mass is 816 g/mol. The average Bonchev–Trinajstić information content (AvgIpc) is 3.88. The first-order valence-electron chi connectivity index (χ1n) is 18.8. The Balaban J connectivity index is 1.14. The van der Waals surface area contributed by atoms with Gasteiger partial charge in [0.05, 0.1) is 31.3 Å². The fourth-order valence-electron chi connectivity index (χ4n) is 7.89. The maximum Gasteiger partial charge on any atom is 0.410 e. The number of hydrogen-bond acceptors (Lipinski definition) is 12. The van der Waals surface area contributed by atoms with Crippen molar-refractivity contribution < 1.29 is 60.6 Å². The number of likely N-dealkylation sites (tertiary alicyclic amines) is 2. The molecule has 6 aliphatic rings. The van der Waals surface area contributed by atoms with Crippen molar-refractivity contribution in [2.24, 2.45) is 5.92 Å². The molecule has 0 aromatic heterocycles. The summed E-state index contributed by atoms with van der Waals surface area (Å²) in [6.07, 6.45) is -2.05. The van der Waals surface area contributed by atoms with Crippen molar-refractivity contribution in [3.63, 3.8) is 0 Å². The molecule has 3 saturated heterocycles. The van der Waals surface area contributed by atoms with Gasteiger partial charge in [0, 0.05) is 30.9 Å². The highest BCUT2D eigenvalue weighted by atomic mass is 32.2. The van der Waals surface area contributed by atoms with Gasteiger partial charge in [0.2, 0.25) is 27.7 Å². The SMILES string of the molecule is C=C[C@@H]1C[C@]1(NC(=O)[C@@H]1CC(OC(=O)N2Cc3cccc(F)c3C2)CN1C(=O)[C@H](CC(=O)N1C[C@@H]2C[C@H]1C(=O)O2)NC(=O)OC(C)(C)C)C(=O)NS(=O)(=O)C1CC1. The second kappa shape index (κ2) is 14.6. The molecule has 57 heavy (non-hydrogen) atoms. The number of esters is 1. The Morgan fingerprint density at radius 3 is 2.44 bits per heavy atom. The molecule has 1 aromatic carbocycles. The fraction of sp³-hybridized carbons (Fsp3) is 0.595. The lowest BCUT2D eigenvalue weighted by Gasteiger charge is -2.32. The van der Waals surface area contributed by atoms with Crippen LogP contribution in [0.2, 0.25) is 0 Å². The third kappa shape index (κ3) is 8.13. The summed E-state index contributed by atoms with van der Waals surface area (Å²) in [7, 11) is -4.01. The van der Waals surface area contributed by atoms with Crippen LogP contribution in [0.15, 0.2) is 30.9 Å². The van der Waals surface area contributed by atoms with Gasteiger partial charge in [-0.2, -0.15) is 0 Å². The van der Waals surface area contributed by atoms with Crippen molar-refractivity contribution >= 4 is 51.8 Å². The van der Waals surface area contributed by atoms with Gasteiger partial charge in [-0.05, 0) is 51.7 Å².